The van der Waals surface area contributed by atoms with E-state index in [0.717, 1.165) is 88.5 Å². The largest absolute Gasteiger partial charge is 0.497 e. The first-order valence-electron chi connectivity index (χ1n) is 22.1. The summed E-state index contributed by atoms with van der Waals surface area (Å²) in [6.07, 6.45) is 4.02. The standard InChI is InChI=1S/C50H66FN5O5/c1-31-25-44(56(28-35-13-17-38(58-9)18-14-35)29-36-15-19-39(59-10)20-16-36)46(51)45(34(31)4)41-26-43-42(24-32(41)2)47(53-48(52-43)60-30-37-12-11-22-54(37)8)40-21-23-55(27-33(40)3)49(57)61-50(5,6)7/h13-20,25,32-33,37,40-41H,11-12,21-24,26-30H2,1-10H3/t32?,33-,37-,40?,41?/m0/s1. The monoisotopic (exact) mass is 836 g/mol. The van der Waals surface area contributed by atoms with Crippen molar-refractivity contribution in [2.45, 2.75) is 117 Å². The highest BCUT2D eigenvalue weighted by atomic mass is 19.1. The van der Waals surface area contributed by atoms with E-state index in [0.29, 0.717) is 56.9 Å². The van der Waals surface area contributed by atoms with E-state index in [1.165, 1.54) is 0 Å². The highest BCUT2D eigenvalue weighted by molar-refractivity contribution is 5.68. The van der Waals surface area contributed by atoms with Gasteiger partial charge in [0.2, 0.25) is 0 Å². The first-order chi connectivity index (χ1) is 29.1. The average Bonchev–Trinajstić information content (AvgIpc) is 3.65. The summed E-state index contributed by atoms with van der Waals surface area (Å²) in [5.41, 5.74) is 8.05. The van der Waals surface area contributed by atoms with Crippen LogP contribution in [-0.2, 0) is 30.7 Å². The van der Waals surface area contributed by atoms with E-state index in [1.807, 2.05) is 80.3 Å². The van der Waals surface area contributed by atoms with Gasteiger partial charge in [0.15, 0.2) is 0 Å². The van der Waals surface area contributed by atoms with Crippen LogP contribution in [0.2, 0.25) is 0 Å². The van der Waals surface area contributed by atoms with Crippen molar-refractivity contribution in [3.63, 3.8) is 0 Å². The minimum absolute atomic E-state index is 0.113. The Hall–Kier alpha value is -4.90. The molecule has 1 aliphatic carbocycles. The number of likely N-dealkylation sites (tertiary alicyclic amines) is 2. The van der Waals surface area contributed by atoms with Crippen molar-refractivity contribution >= 4 is 11.8 Å². The van der Waals surface area contributed by atoms with Crippen molar-refractivity contribution in [1.29, 1.82) is 0 Å². The number of aromatic nitrogens is 2. The fraction of sp³-hybridized carbons (Fsp3) is 0.540. The maximum atomic E-state index is 17.8. The number of halogens is 1. The maximum Gasteiger partial charge on any atom is 0.410 e. The lowest BCUT2D eigenvalue weighted by atomic mass is 9.71. The highest BCUT2D eigenvalue weighted by Gasteiger charge is 2.39. The quantitative estimate of drug-likeness (QED) is 0.138. The minimum Gasteiger partial charge on any atom is -0.497 e. The molecule has 10 nitrogen and oxygen atoms in total. The number of methoxy groups -OCH3 is 2. The van der Waals surface area contributed by atoms with Gasteiger partial charge < -0.3 is 33.6 Å². The number of benzene rings is 3. The predicted molar refractivity (Wildman–Crippen MR) is 239 cm³/mol. The normalized spacial score (nSPS) is 21.8. The Kier molecular flexibility index (Phi) is 13.5. The number of likely N-dealkylation sites (N-methyl/N-ethyl adjacent to an activating group) is 1. The van der Waals surface area contributed by atoms with Crippen molar-refractivity contribution < 1.29 is 28.1 Å². The molecule has 0 bridgehead atoms. The van der Waals surface area contributed by atoms with E-state index in [-0.39, 0.29) is 35.6 Å². The number of aryl methyl sites for hydroxylation is 1. The van der Waals surface area contributed by atoms with E-state index in [9.17, 15) is 4.79 Å². The third-order valence-corrected chi connectivity index (χ3v) is 13.3. The molecule has 0 radical (unpaired) electrons. The van der Waals surface area contributed by atoms with Crippen LogP contribution in [0.5, 0.6) is 17.5 Å². The third kappa shape index (κ3) is 10.1. The second kappa shape index (κ2) is 18.6. The highest BCUT2D eigenvalue weighted by Crippen LogP contribution is 2.46. The molecule has 2 saturated heterocycles. The van der Waals surface area contributed by atoms with E-state index in [4.69, 9.17) is 28.9 Å². The number of anilines is 1. The number of hydrogen-bond acceptors (Lipinski definition) is 9. The summed E-state index contributed by atoms with van der Waals surface area (Å²) in [5.74, 6) is 1.65. The Balaban J connectivity index is 1.24. The molecule has 4 aromatic rings. The molecule has 328 valence electrons. The molecule has 0 saturated carbocycles. The van der Waals surface area contributed by atoms with Crippen LogP contribution >= 0.6 is 0 Å². The third-order valence-electron chi connectivity index (χ3n) is 13.3. The first kappa shape index (κ1) is 44.2. The van der Waals surface area contributed by atoms with Crippen LogP contribution in [0.1, 0.15) is 110 Å². The van der Waals surface area contributed by atoms with Gasteiger partial charge in [-0.25, -0.2) is 9.18 Å². The molecule has 1 amide bonds. The number of ether oxygens (including phenoxy) is 4. The Morgan fingerprint density at radius 3 is 2.07 bits per heavy atom. The lowest BCUT2D eigenvalue weighted by Crippen LogP contribution is -2.45. The number of carbonyl (C=O) groups excluding carboxylic acids is 1. The zero-order valence-electron chi connectivity index (χ0n) is 38.0. The van der Waals surface area contributed by atoms with E-state index >= 15 is 4.39 Å². The van der Waals surface area contributed by atoms with Crippen LogP contribution in [0, 0.1) is 31.5 Å². The van der Waals surface area contributed by atoms with Gasteiger partial charge in [-0.05, 0) is 162 Å². The van der Waals surface area contributed by atoms with Crippen LogP contribution in [-0.4, -0.2) is 85.0 Å². The van der Waals surface area contributed by atoms with Gasteiger partial charge in [0.25, 0.3) is 0 Å². The summed E-state index contributed by atoms with van der Waals surface area (Å²) in [4.78, 5) is 29.8. The van der Waals surface area contributed by atoms with Crippen LogP contribution in [0.3, 0.4) is 0 Å². The molecular formula is C50H66FN5O5. The number of carbonyl (C=O) groups is 1. The molecule has 3 aromatic carbocycles. The summed E-state index contributed by atoms with van der Waals surface area (Å²) in [6.45, 7) is 18.1. The molecule has 3 heterocycles. The van der Waals surface area contributed by atoms with Crippen LogP contribution in [0.25, 0.3) is 0 Å². The van der Waals surface area contributed by atoms with Crippen LogP contribution < -0.4 is 19.1 Å². The van der Waals surface area contributed by atoms with Gasteiger partial charge in [-0.2, -0.15) is 9.97 Å². The average molecular weight is 836 g/mol. The molecule has 2 fully saturated rings. The zero-order valence-corrected chi connectivity index (χ0v) is 38.0. The van der Waals surface area contributed by atoms with Crippen molar-refractivity contribution in [1.82, 2.24) is 19.8 Å². The molecule has 1 aromatic heterocycles. The van der Waals surface area contributed by atoms with Gasteiger partial charge in [0.05, 0.1) is 31.3 Å². The zero-order chi connectivity index (χ0) is 43.6. The lowest BCUT2D eigenvalue weighted by Gasteiger charge is -2.39. The van der Waals surface area contributed by atoms with E-state index in [2.05, 4.69) is 44.5 Å². The fourth-order valence-corrected chi connectivity index (χ4v) is 9.65. The van der Waals surface area contributed by atoms with Gasteiger partial charge in [0.1, 0.15) is 29.5 Å². The number of nitrogens with zero attached hydrogens (tertiary/aromatic N) is 5. The predicted octanol–water partition coefficient (Wildman–Crippen LogP) is 9.81. The van der Waals surface area contributed by atoms with Crippen molar-refractivity contribution in [2.24, 2.45) is 11.8 Å². The number of fused-ring (bicyclic) bond motifs is 1. The second-order valence-electron chi connectivity index (χ2n) is 18.8. The summed E-state index contributed by atoms with van der Waals surface area (Å²) in [5, 5.41) is 0. The molecule has 0 spiro atoms. The summed E-state index contributed by atoms with van der Waals surface area (Å²) in [6, 6.07) is 18.7. The van der Waals surface area contributed by atoms with Gasteiger partial charge >= 0.3 is 12.1 Å². The number of piperidine rings is 1. The fourth-order valence-electron chi connectivity index (χ4n) is 9.65. The molecule has 3 unspecified atom stereocenters. The SMILES string of the molecule is COc1ccc(CN(Cc2ccc(OC)cc2)c2cc(C)c(C)c(C3Cc4nc(OC[C@@H]5CCCN5C)nc(C5CCN(C(=O)OC(C)(C)C)C[C@@H]5C)c4CC3C)c2F)cc1. The van der Waals surface area contributed by atoms with E-state index < -0.39 is 5.60 Å². The lowest BCUT2D eigenvalue weighted by molar-refractivity contribution is 0.0153. The Morgan fingerprint density at radius 1 is 0.869 bits per heavy atom. The maximum absolute atomic E-state index is 17.8. The Labute approximate surface area is 362 Å². The van der Waals surface area contributed by atoms with E-state index in [1.54, 1.807) is 14.2 Å². The summed E-state index contributed by atoms with van der Waals surface area (Å²) in [7, 11) is 5.47. The van der Waals surface area contributed by atoms with Crippen LogP contribution in [0.4, 0.5) is 14.9 Å². The smallest absolute Gasteiger partial charge is 0.410 e. The first-order valence-corrected chi connectivity index (χ1v) is 22.1. The van der Waals surface area contributed by atoms with Gasteiger partial charge in [-0.15, -0.1) is 0 Å². The van der Waals surface area contributed by atoms with Crippen molar-refractivity contribution in [2.75, 3.05) is 52.4 Å². The summed E-state index contributed by atoms with van der Waals surface area (Å²) >= 11 is 0. The van der Waals surface area contributed by atoms with Gasteiger partial charge in [0, 0.05) is 38.1 Å². The van der Waals surface area contributed by atoms with Gasteiger partial charge in [-0.1, -0.05) is 38.1 Å². The number of hydrogen-bond donors (Lipinski definition) is 0. The Bertz CT molecular complexity index is 2110. The van der Waals surface area contributed by atoms with Gasteiger partial charge in [-0.3, -0.25) is 0 Å². The molecule has 61 heavy (non-hydrogen) atoms. The molecule has 3 aliphatic rings. The minimum atomic E-state index is -0.559. The molecule has 11 heteroatoms. The molecule has 7 rings (SSSR count). The van der Waals surface area contributed by atoms with Crippen molar-refractivity contribution in [3.05, 3.63) is 105 Å². The summed E-state index contributed by atoms with van der Waals surface area (Å²) < 4.78 is 40.9. The molecular weight excluding hydrogens is 770 g/mol. The second-order valence-corrected chi connectivity index (χ2v) is 18.8. The van der Waals surface area contributed by atoms with Crippen LogP contribution in [0.15, 0.2) is 54.6 Å². The molecule has 0 N–H and O–H groups in total. The van der Waals surface area contributed by atoms with Crippen molar-refractivity contribution in [3.8, 4) is 17.5 Å². The topological polar surface area (TPSA) is 89.5 Å². The number of amides is 1. The Morgan fingerprint density at radius 2 is 1.51 bits per heavy atom. The molecule has 2 aliphatic heterocycles. The molecule has 5 atom stereocenters. The number of rotatable bonds is 12.